The van der Waals surface area contributed by atoms with Gasteiger partial charge in [0, 0.05) is 28.9 Å². The Kier molecular flexibility index (Phi) is 9.67. The number of rotatable bonds is 12. The molecule has 0 fully saturated rings. The minimum Gasteiger partial charge on any atom is -0.491 e. The standard InChI is InChI=1S/C27H23FN6O3S2/c28-18-3-5-19(6-4-18)32-27-33-20(16-39-27)15-38-26-23(14-30)24(22(13-29)25(34-26)31-9-10-35)17-1-7-21(8-2-17)37-12-11-36/h1-8,16,35-36H,9-12,15H2,(H,31,34)(H,32,33). The summed E-state index contributed by atoms with van der Waals surface area (Å²) < 4.78 is 18.6. The first-order valence-corrected chi connectivity index (χ1v) is 13.6. The molecule has 2 aromatic heterocycles. The van der Waals surface area contributed by atoms with E-state index in [9.17, 15) is 20.0 Å². The van der Waals surface area contributed by atoms with Crippen LogP contribution in [0.15, 0.2) is 58.9 Å². The van der Waals surface area contributed by atoms with Gasteiger partial charge < -0.3 is 25.6 Å². The zero-order valence-electron chi connectivity index (χ0n) is 20.5. The largest absolute Gasteiger partial charge is 0.491 e. The number of benzene rings is 2. The van der Waals surface area contributed by atoms with Gasteiger partial charge in [0.2, 0.25) is 0 Å². The van der Waals surface area contributed by atoms with Gasteiger partial charge in [-0.15, -0.1) is 11.3 Å². The molecule has 0 saturated heterocycles. The number of nitriles is 2. The summed E-state index contributed by atoms with van der Waals surface area (Å²) in [6, 6.07) is 17.2. The summed E-state index contributed by atoms with van der Waals surface area (Å²) in [7, 11) is 0. The van der Waals surface area contributed by atoms with Gasteiger partial charge in [-0.25, -0.2) is 14.4 Å². The Morgan fingerprint density at radius 1 is 0.974 bits per heavy atom. The Balaban J connectivity index is 1.63. The Morgan fingerprint density at radius 3 is 2.38 bits per heavy atom. The van der Waals surface area contributed by atoms with Crippen molar-refractivity contribution in [1.82, 2.24) is 9.97 Å². The van der Waals surface area contributed by atoms with E-state index in [0.29, 0.717) is 38.5 Å². The van der Waals surface area contributed by atoms with E-state index in [2.05, 4.69) is 32.7 Å². The van der Waals surface area contributed by atoms with Crippen LogP contribution in [-0.4, -0.2) is 46.5 Å². The van der Waals surface area contributed by atoms with Crippen LogP contribution in [-0.2, 0) is 5.75 Å². The molecule has 9 nitrogen and oxygen atoms in total. The number of hydrogen-bond donors (Lipinski definition) is 4. The van der Waals surface area contributed by atoms with Crippen molar-refractivity contribution >= 4 is 39.7 Å². The molecule has 39 heavy (non-hydrogen) atoms. The molecule has 4 N–H and O–H groups in total. The Hall–Kier alpha value is -4.20. The van der Waals surface area contributed by atoms with Gasteiger partial charge in [0.05, 0.1) is 24.5 Å². The fraction of sp³-hybridized carbons (Fsp3) is 0.185. The van der Waals surface area contributed by atoms with E-state index in [1.54, 1.807) is 36.4 Å². The summed E-state index contributed by atoms with van der Waals surface area (Å²) in [5.41, 5.74) is 2.94. The monoisotopic (exact) mass is 562 g/mol. The lowest BCUT2D eigenvalue weighted by atomic mass is 9.96. The van der Waals surface area contributed by atoms with Crippen molar-refractivity contribution in [2.24, 2.45) is 0 Å². The van der Waals surface area contributed by atoms with E-state index in [0.717, 1.165) is 5.69 Å². The average molecular weight is 563 g/mol. The molecule has 0 spiro atoms. The van der Waals surface area contributed by atoms with E-state index in [4.69, 9.17) is 9.84 Å². The average Bonchev–Trinajstić information content (AvgIpc) is 3.41. The van der Waals surface area contributed by atoms with Gasteiger partial charge in [0.15, 0.2) is 5.13 Å². The summed E-state index contributed by atoms with van der Waals surface area (Å²) in [4.78, 5) is 9.13. The van der Waals surface area contributed by atoms with Crippen LogP contribution in [0.3, 0.4) is 0 Å². The van der Waals surface area contributed by atoms with Crippen LogP contribution in [0, 0.1) is 28.5 Å². The number of aromatic nitrogens is 2. The van der Waals surface area contributed by atoms with Crippen molar-refractivity contribution in [2.45, 2.75) is 10.8 Å². The lowest BCUT2D eigenvalue weighted by Crippen LogP contribution is -2.11. The van der Waals surface area contributed by atoms with Gasteiger partial charge in [-0.3, -0.25) is 0 Å². The number of aliphatic hydroxyl groups is 2. The Morgan fingerprint density at radius 2 is 1.72 bits per heavy atom. The molecular formula is C27H23FN6O3S2. The molecule has 0 saturated carbocycles. The topological polar surface area (TPSA) is 147 Å². The highest BCUT2D eigenvalue weighted by Gasteiger charge is 2.22. The minimum atomic E-state index is -0.321. The van der Waals surface area contributed by atoms with Gasteiger partial charge in [-0.2, -0.15) is 10.5 Å². The highest BCUT2D eigenvalue weighted by Crippen LogP contribution is 2.38. The second kappa shape index (κ2) is 13.6. The number of nitrogens with one attached hydrogen (secondary N) is 2. The van der Waals surface area contributed by atoms with E-state index in [-0.39, 0.29) is 49.1 Å². The molecule has 2 heterocycles. The summed E-state index contributed by atoms with van der Waals surface area (Å²) in [6.07, 6.45) is 0. The van der Waals surface area contributed by atoms with E-state index in [1.165, 1.54) is 35.2 Å². The van der Waals surface area contributed by atoms with E-state index in [1.807, 2.05) is 5.38 Å². The summed E-state index contributed by atoms with van der Waals surface area (Å²) in [6.45, 7) is 0.0429. The molecular weight excluding hydrogens is 539 g/mol. The SMILES string of the molecule is N#Cc1c(NCCO)nc(SCc2csc(Nc3ccc(F)cc3)n2)c(C#N)c1-c1ccc(OCCO)cc1. The van der Waals surface area contributed by atoms with Crippen LogP contribution >= 0.6 is 23.1 Å². The van der Waals surface area contributed by atoms with Crippen molar-refractivity contribution in [3.05, 3.63) is 76.5 Å². The van der Waals surface area contributed by atoms with Crippen molar-refractivity contribution in [3.63, 3.8) is 0 Å². The molecule has 0 atom stereocenters. The highest BCUT2D eigenvalue weighted by molar-refractivity contribution is 7.98. The number of thiazole rings is 1. The second-order valence-corrected chi connectivity index (χ2v) is 9.75. The van der Waals surface area contributed by atoms with Crippen molar-refractivity contribution in [2.75, 3.05) is 37.0 Å². The molecule has 4 aromatic rings. The van der Waals surface area contributed by atoms with Gasteiger partial charge in [-0.05, 0) is 42.0 Å². The van der Waals surface area contributed by atoms with Gasteiger partial charge in [0.25, 0.3) is 0 Å². The molecule has 0 unspecified atom stereocenters. The van der Waals surface area contributed by atoms with Gasteiger partial charge >= 0.3 is 0 Å². The normalized spacial score (nSPS) is 10.5. The predicted octanol–water partition coefficient (Wildman–Crippen LogP) is 4.90. The fourth-order valence-corrected chi connectivity index (χ4v) is 5.30. The third kappa shape index (κ3) is 7.02. The number of thioether (sulfide) groups is 1. The molecule has 0 bridgehead atoms. The summed E-state index contributed by atoms with van der Waals surface area (Å²) in [5, 5.41) is 47.5. The molecule has 0 radical (unpaired) electrons. The van der Waals surface area contributed by atoms with Crippen LogP contribution in [0.25, 0.3) is 11.1 Å². The molecule has 0 aliphatic carbocycles. The first-order chi connectivity index (χ1) is 19.1. The maximum absolute atomic E-state index is 13.2. The van der Waals surface area contributed by atoms with Crippen LogP contribution in [0.4, 0.5) is 21.0 Å². The van der Waals surface area contributed by atoms with Crippen molar-refractivity contribution in [1.29, 1.82) is 10.5 Å². The molecule has 12 heteroatoms. The molecule has 0 aliphatic heterocycles. The minimum absolute atomic E-state index is 0.119. The fourth-order valence-electron chi connectivity index (χ4n) is 3.58. The first kappa shape index (κ1) is 27.8. The lowest BCUT2D eigenvalue weighted by molar-refractivity contribution is 0.201. The molecule has 0 amide bonds. The number of anilines is 3. The quantitative estimate of drug-likeness (QED) is 0.176. The van der Waals surface area contributed by atoms with E-state index >= 15 is 0 Å². The van der Waals surface area contributed by atoms with Gasteiger partial charge in [0.1, 0.15) is 46.7 Å². The van der Waals surface area contributed by atoms with Crippen LogP contribution < -0.4 is 15.4 Å². The Labute approximate surface area is 232 Å². The number of hydrogen-bond acceptors (Lipinski definition) is 11. The highest BCUT2D eigenvalue weighted by atomic mass is 32.2. The Bertz CT molecular complexity index is 1500. The molecule has 4 rings (SSSR count). The summed E-state index contributed by atoms with van der Waals surface area (Å²) in [5.74, 6) is 0.890. The lowest BCUT2D eigenvalue weighted by Gasteiger charge is -2.16. The van der Waals surface area contributed by atoms with Crippen LogP contribution in [0.1, 0.15) is 16.8 Å². The number of pyridine rings is 1. The zero-order chi connectivity index (χ0) is 27.6. The maximum Gasteiger partial charge on any atom is 0.187 e. The predicted molar refractivity (Wildman–Crippen MR) is 149 cm³/mol. The van der Waals surface area contributed by atoms with Gasteiger partial charge in [-0.1, -0.05) is 23.9 Å². The number of aliphatic hydroxyl groups excluding tert-OH is 2. The molecule has 198 valence electrons. The molecule has 0 aliphatic rings. The van der Waals surface area contributed by atoms with Crippen molar-refractivity contribution < 1.29 is 19.3 Å². The smallest absolute Gasteiger partial charge is 0.187 e. The summed E-state index contributed by atoms with van der Waals surface area (Å²) >= 11 is 2.70. The number of halogens is 1. The van der Waals surface area contributed by atoms with E-state index < -0.39 is 0 Å². The number of ether oxygens (including phenoxy) is 1. The van der Waals surface area contributed by atoms with Crippen LogP contribution in [0.2, 0.25) is 0 Å². The van der Waals surface area contributed by atoms with Crippen LogP contribution in [0.5, 0.6) is 5.75 Å². The first-order valence-electron chi connectivity index (χ1n) is 11.7. The number of nitrogens with zero attached hydrogens (tertiary/aromatic N) is 4. The third-order valence-corrected chi connectivity index (χ3v) is 7.11. The maximum atomic E-state index is 13.2. The zero-order valence-corrected chi connectivity index (χ0v) is 22.2. The molecule has 2 aromatic carbocycles. The third-order valence-electron chi connectivity index (χ3n) is 5.30. The second-order valence-electron chi connectivity index (χ2n) is 7.93. The van der Waals surface area contributed by atoms with Crippen molar-refractivity contribution in [3.8, 4) is 29.0 Å².